The molecule has 37 heavy (non-hydrogen) atoms. The maximum atomic E-state index is 13.2. The van der Waals surface area contributed by atoms with Crippen LogP contribution in [0.2, 0.25) is 0 Å². The Morgan fingerprint density at radius 1 is 1.27 bits per heavy atom. The number of ether oxygens (including phenoxy) is 2. The second kappa shape index (κ2) is 12.6. The van der Waals surface area contributed by atoms with E-state index in [9.17, 15) is 14.4 Å². The highest BCUT2D eigenvalue weighted by Crippen LogP contribution is 2.21. The SMILES string of the molecule is C=CCn1c(SCC(=O)Nc2ccc(OCC)cc2)nc2cc(C(=O)NC[C@@H]3CCCO3)ccc2c1=O. The van der Waals surface area contributed by atoms with E-state index in [2.05, 4.69) is 22.2 Å². The monoisotopic (exact) mass is 522 g/mol. The highest BCUT2D eigenvalue weighted by atomic mass is 32.2. The van der Waals surface area contributed by atoms with Crippen LogP contribution in [0.4, 0.5) is 5.69 Å². The van der Waals surface area contributed by atoms with Crippen molar-refractivity contribution >= 4 is 40.2 Å². The molecule has 10 heteroatoms. The summed E-state index contributed by atoms with van der Waals surface area (Å²) in [7, 11) is 0. The van der Waals surface area contributed by atoms with Gasteiger partial charge in [0.25, 0.3) is 11.5 Å². The fourth-order valence-electron chi connectivity index (χ4n) is 3.98. The maximum Gasteiger partial charge on any atom is 0.262 e. The van der Waals surface area contributed by atoms with Crippen LogP contribution in [0.5, 0.6) is 5.75 Å². The molecule has 0 spiro atoms. The van der Waals surface area contributed by atoms with Crippen molar-refractivity contribution in [2.75, 3.05) is 30.8 Å². The Bertz CT molecular complexity index is 1330. The number of thioether (sulfide) groups is 1. The first kappa shape index (κ1) is 26.4. The molecule has 1 aromatic heterocycles. The minimum Gasteiger partial charge on any atom is -0.494 e. The van der Waals surface area contributed by atoms with Crippen molar-refractivity contribution in [3.05, 3.63) is 71.0 Å². The number of hydrogen-bond acceptors (Lipinski definition) is 7. The van der Waals surface area contributed by atoms with Gasteiger partial charge >= 0.3 is 0 Å². The zero-order valence-electron chi connectivity index (χ0n) is 20.7. The second-order valence-corrected chi connectivity index (χ2v) is 9.41. The average Bonchev–Trinajstić information content (AvgIpc) is 3.43. The first-order chi connectivity index (χ1) is 18.0. The molecule has 0 bridgehead atoms. The summed E-state index contributed by atoms with van der Waals surface area (Å²) in [6, 6.07) is 11.9. The summed E-state index contributed by atoms with van der Waals surface area (Å²) in [6.07, 6.45) is 3.56. The van der Waals surface area contributed by atoms with E-state index in [-0.39, 0.29) is 35.8 Å². The molecule has 1 fully saturated rings. The summed E-state index contributed by atoms with van der Waals surface area (Å²) in [4.78, 5) is 43.0. The average molecular weight is 523 g/mol. The molecule has 3 aromatic rings. The molecule has 1 aliphatic heterocycles. The number of hydrogen-bond donors (Lipinski definition) is 2. The van der Waals surface area contributed by atoms with Crippen LogP contribution in [0.1, 0.15) is 30.1 Å². The predicted octanol–water partition coefficient (Wildman–Crippen LogP) is 3.62. The molecule has 2 heterocycles. The highest BCUT2D eigenvalue weighted by molar-refractivity contribution is 7.99. The molecule has 1 saturated heterocycles. The van der Waals surface area contributed by atoms with Gasteiger partial charge in [0.05, 0.1) is 29.4 Å². The van der Waals surface area contributed by atoms with Gasteiger partial charge in [0.1, 0.15) is 5.75 Å². The van der Waals surface area contributed by atoms with E-state index in [1.807, 2.05) is 6.92 Å². The number of anilines is 1. The smallest absolute Gasteiger partial charge is 0.262 e. The van der Waals surface area contributed by atoms with E-state index < -0.39 is 0 Å². The Hall–Kier alpha value is -3.63. The van der Waals surface area contributed by atoms with Crippen LogP contribution in [0, 0.1) is 0 Å². The zero-order chi connectivity index (χ0) is 26.2. The van der Waals surface area contributed by atoms with Crippen molar-refractivity contribution in [3.8, 4) is 5.75 Å². The Morgan fingerprint density at radius 2 is 2.08 bits per heavy atom. The lowest BCUT2D eigenvalue weighted by molar-refractivity contribution is -0.113. The number of aromatic nitrogens is 2. The van der Waals surface area contributed by atoms with Crippen LogP contribution in [-0.2, 0) is 16.1 Å². The summed E-state index contributed by atoms with van der Waals surface area (Å²) in [6.45, 7) is 7.60. The molecule has 194 valence electrons. The van der Waals surface area contributed by atoms with Gasteiger partial charge in [-0.25, -0.2) is 4.98 Å². The van der Waals surface area contributed by atoms with E-state index in [1.54, 1.807) is 48.5 Å². The van der Waals surface area contributed by atoms with Gasteiger partial charge in [-0.15, -0.1) is 6.58 Å². The van der Waals surface area contributed by atoms with Crippen molar-refractivity contribution in [1.82, 2.24) is 14.9 Å². The first-order valence-electron chi connectivity index (χ1n) is 12.2. The van der Waals surface area contributed by atoms with Crippen LogP contribution >= 0.6 is 11.8 Å². The van der Waals surface area contributed by atoms with Gasteiger partial charge in [-0.3, -0.25) is 19.0 Å². The van der Waals surface area contributed by atoms with Crippen molar-refractivity contribution < 1.29 is 19.1 Å². The minimum absolute atomic E-state index is 0.0328. The van der Waals surface area contributed by atoms with Crippen LogP contribution in [0.25, 0.3) is 10.9 Å². The summed E-state index contributed by atoms with van der Waals surface area (Å²) >= 11 is 1.15. The Kier molecular flexibility index (Phi) is 8.97. The van der Waals surface area contributed by atoms with Crippen molar-refractivity contribution in [2.24, 2.45) is 0 Å². The van der Waals surface area contributed by atoms with Crippen molar-refractivity contribution in [3.63, 3.8) is 0 Å². The molecule has 0 radical (unpaired) electrons. The molecule has 0 saturated carbocycles. The van der Waals surface area contributed by atoms with Gasteiger partial charge in [0, 0.05) is 30.9 Å². The van der Waals surface area contributed by atoms with Gasteiger partial charge in [-0.2, -0.15) is 0 Å². The van der Waals surface area contributed by atoms with Gasteiger partial charge in [0.2, 0.25) is 5.91 Å². The van der Waals surface area contributed by atoms with E-state index in [0.29, 0.717) is 40.5 Å². The molecule has 9 nitrogen and oxygen atoms in total. The number of amides is 2. The number of nitrogens with zero attached hydrogens (tertiary/aromatic N) is 2. The second-order valence-electron chi connectivity index (χ2n) is 8.47. The Balaban J connectivity index is 1.49. The van der Waals surface area contributed by atoms with E-state index >= 15 is 0 Å². The Morgan fingerprint density at radius 3 is 2.78 bits per heavy atom. The fourth-order valence-corrected chi connectivity index (χ4v) is 4.79. The molecule has 2 N–H and O–H groups in total. The fraction of sp³-hybridized carbons (Fsp3) is 0.333. The lowest BCUT2D eigenvalue weighted by atomic mass is 10.1. The summed E-state index contributed by atoms with van der Waals surface area (Å²) in [5.41, 5.74) is 1.18. The van der Waals surface area contributed by atoms with Crippen molar-refractivity contribution in [1.29, 1.82) is 0 Å². The largest absolute Gasteiger partial charge is 0.494 e. The van der Waals surface area contributed by atoms with E-state index in [0.717, 1.165) is 37.0 Å². The molecule has 1 aliphatic rings. The Labute approximate surface area is 219 Å². The maximum absolute atomic E-state index is 13.2. The van der Waals surface area contributed by atoms with Crippen molar-refractivity contribution in [2.45, 2.75) is 37.6 Å². The normalized spacial score (nSPS) is 14.9. The van der Waals surface area contributed by atoms with Crippen LogP contribution < -0.4 is 20.9 Å². The lowest BCUT2D eigenvalue weighted by Gasteiger charge is -2.13. The zero-order valence-corrected chi connectivity index (χ0v) is 21.5. The van der Waals surface area contributed by atoms with Crippen LogP contribution in [0.3, 0.4) is 0 Å². The topological polar surface area (TPSA) is 112 Å². The molecule has 1 atom stereocenters. The molecule has 0 unspecified atom stereocenters. The predicted molar refractivity (Wildman–Crippen MR) is 144 cm³/mol. The van der Waals surface area contributed by atoms with E-state index in [1.165, 1.54) is 4.57 Å². The molecule has 4 rings (SSSR count). The molecular weight excluding hydrogens is 492 g/mol. The van der Waals surface area contributed by atoms with Crippen LogP contribution in [-0.4, -0.2) is 53.0 Å². The standard InChI is InChI=1S/C27H30N4O5S/c1-3-13-31-26(34)22-12-7-18(25(33)28-16-21-6-5-14-36-21)15-23(22)30-27(31)37-17-24(32)29-19-8-10-20(11-9-19)35-4-2/h3,7-12,15,21H,1,4-6,13-14,16-17H2,2H3,(H,28,33)(H,29,32)/t21-/m0/s1. The van der Waals surface area contributed by atoms with Gasteiger partial charge in [-0.1, -0.05) is 17.8 Å². The van der Waals surface area contributed by atoms with Crippen LogP contribution in [0.15, 0.2) is 65.1 Å². The number of carbonyl (C=O) groups is 2. The summed E-state index contributed by atoms with van der Waals surface area (Å²) in [5.74, 6) is 0.280. The molecule has 2 amide bonds. The highest BCUT2D eigenvalue weighted by Gasteiger charge is 2.18. The summed E-state index contributed by atoms with van der Waals surface area (Å²) in [5, 5.41) is 6.48. The van der Waals surface area contributed by atoms with Gasteiger partial charge in [0.15, 0.2) is 5.16 Å². The third-order valence-electron chi connectivity index (χ3n) is 5.79. The number of rotatable bonds is 11. The third kappa shape index (κ3) is 6.78. The molecule has 0 aliphatic carbocycles. The minimum atomic E-state index is -0.259. The molecular formula is C27H30N4O5S. The number of nitrogens with one attached hydrogen (secondary N) is 2. The third-order valence-corrected chi connectivity index (χ3v) is 6.77. The van der Waals surface area contributed by atoms with Gasteiger partial charge in [-0.05, 0) is 62.2 Å². The van der Waals surface area contributed by atoms with E-state index in [4.69, 9.17) is 9.47 Å². The quantitative estimate of drug-likeness (QED) is 0.225. The number of fused-ring (bicyclic) bond motifs is 1. The lowest BCUT2D eigenvalue weighted by Crippen LogP contribution is -2.31. The summed E-state index contributed by atoms with van der Waals surface area (Å²) < 4.78 is 12.4. The van der Waals surface area contributed by atoms with Gasteiger partial charge < -0.3 is 20.1 Å². The molecule has 2 aromatic carbocycles. The number of carbonyl (C=O) groups excluding carboxylic acids is 2. The number of allylic oxidation sites excluding steroid dienone is 1. The first-order valence-corrected chi connectivity index (χ1v) is 13.2. The number of benzene rings is 2.